The quantitative estimate of drug-likeness (QED) is 0.445. The van der Waals surface area contributed by atoms with E-state index in [1.54, 1.807) is 42.5 Å². The summed E-state index contributed by atoms with van der Waals surface area (Å²) in [5, 5.41) is 0.551. The summed E-state index contributed by atoms with van der Waals surface area (Å²) in [5.74, 6) is -0.818. The Bertz CT molecular complexity index is 1040. The fraction of sp³-hybridized carbons (Fsp3) is 0.333. The summed E-state index contributed by atoms with van der Waals surface area (Å²) >= 11 is 7.29. The largest absolute Gasteiger partial charge is 0.455 e. The maximum Gasteiger partial charge on any atom is 0.316 e. The van der Waals surface area contributed by atoms with E-state index in [4.69, 9.17) is 16.3 Å². The van der Waals surface area contributed by atoms with Crippen molar-refractivity contribution in [3.63, 3.8) is 0 Å². The van der Waals surface area contributed by atoms with Crippen LogP contribution in [0.25, 0.3) is 0 Å². The fourth-order valence-electron chi connectivity index (χ4n) is 3.01. The molecule has 2 aromatic rings. The number of carbonyl (C=O) groups is 2. The molecule has 1 amide bonds. The SMILES string of the molecule is Cc1ccc(S(=O)(=O)N2CCN(C(=O)COC(=O)CSc3ccccc3Cl)CC2)cc1. The first kappa shape index (κ1) is 23.6. The maximum atomic E-state index is 12.7. The van der Waals surface area contributed by atoms with Crippen molar-refractivity contribution in [1.29, 1.82) is 0 Å². The minimum absolute atomic E-state index is 0.0413. The molecule has 0 unspecified atom stereocenters. The van der Waals surface area contributed by atoms with Crippen LogP contribution < -0.4 is 0 Å². The van der Waals surface area contributed by atoms with E-state index in [0.717, 1.165) is 10.5 Å². The molecule has 166 valence electrons. The van der Waals surface area contributed by atoms with Gasteiger partial charge in [-0.25, -0.2) is 8.42 Å². The summed E-state index contributed by atoms with van der Waals surface area (Å²) in [5.41, 5.74) is 0.981. The Kier molecular flexibility index (Phi) is 7.99. The average Bonchev–Trinajstić information content (AvgIpc) is 2.77. The summed E-state index contributed by atoms with van der Waals surface area (Å²) < 4.78 is 31.9. The molecule has 1 fully saturated rings. The van der Waals surface area contributed by atoms with E-state index in [1.807, 2.05) is 13.0 Å². The highest BCUT2D eigenvalue weighted by Crippen LogP contribution is 2.26. The molecule has 1 aliphatic heterocycles. The van der Waals surface area contributed by atoms with Gasteiger partial charge in [0.25, 0.3) is 5.91 Å². The summed E-state index contributed by atoms with van der Waals surface area (Å²) in [7, 11) is -3.59. The van der Waals surface area contributed by atoms with Crippen molar-refractivity contribution in [1.82, 2.24) is 9.21 Å². The number of halogens is 1. The zero-order valence-electron chi connectivity index (χ0n) is 17.0. The van der Waals surface area contributed by atoms with Gasteiger partial charge in [-0.15, -0.1) is 11.8 Å². The lowest BCUT2D eigenvalue weighted by Gasteiger charge is -2.33. The van der Waals surface area contributed by atoms with Gasteiger partial charge in [-0.1, -0.05) is 41.4 Å². The molecule has 2 aromatic carbocycles. The molecule has 7 nitrogen and oxygen atoms in total. The number of thioether (sulfide) groups is 1. The number of rotatable bonds is 7. The standard InChI is InChI=1S/C21H23ClN2O5S2/c1-16-6-8-17(9-7-16)31(27,28)24-12-10-23(11-13-24)20(25)14-29-21(26)15-30-19-5-3-2-4-18(19)22/h2-9H,10-15H2,1H3. The third-order valence-electron chi connectivity index (χ3n) is 4.79. The summed E-state index contributed by atoms with van der Waals surface area (Å²) in [6, 6.07) is 13.8. The predicted octanol–water partition coefficient (Wildman–Crippen LogP) is 2.82. The van der Waals surface area contributed by atoms with E-state index < -0.39 is 16.0 Å². The van der Waals surface area contributed by atoms with Crippen molar-refractivity contribution in [2.45, 2.75) is 16.7 Å². The Labute approximate surface area is 191 Å². The van der Waals surface area contributed by atoms with Crippen molar-refractivity contribution in [2.24, 2.45) is 0 Å². The van der Waals surface area contributed by atoms with E-state index in [9.17, 15) is 18.0 Å². The van der Waals surface area contributed by atoms with Gasteiger partial charge >= 0.3 is 5.97 Å². The highest BCUT2D eigenvalue weighted by Gasteiger charge is 2.30. The van der Waals surface area contributed by atoms with Crippen LogP contribution in [-0.2, 0) is 24.3 Å². The molecule has 0 radical (unpaired) electrons. The molecule has 1 aliphatic rings. The van der Waals surface area contributed by atoms with Crippen LogP contribution in [0.2, 0.25) is 5.02 Å². The minimum atomic E-state index is -3.59. The molecular weight excluding hydrogens is 460 g/mol. The highest BCUT2D eigenvalue weighted by molar-refractivity contribution is 8.00. The van der Waals surface area contributed by atoms with E-state index in [-0.39, 0.29) is 49.3 Å². The van der Waals surface area contributed by atoms with Crippen molar-refractivity contribution in [2.75, 3.05) is 38.5 Å². The molecule has 0 aromatic heterocycles. The maximum absolute atomic E-state index is 12.7. The Morgan fingerprint density at radius 3 is 2.32 bits per heavy atom. The molecule has 0 spiro atoms. The fourth-order valence-corrected chi connectivity index (χ4v) is 5.47. The number of piperazine rings is 1. The second-order valence-electron chi connectivity index (χ2n) is 6.98. The Balaban J connectivity index is 1.44. The van der Waals surface area contributed by atoms with Gasteiger partial charge in [-0.3, -0.25) is 9.59 Å². The molecule has 1 saturated heterocycles. The first-order valence-corrected chi connectivity index (χ1v) is 12.5. The van der Waals surface area contributed by atoms with Gasteiger partial charge in [0.05, 0.1) is 15.7 Å². The second kappa shape index (κ2) is 10.5. The van der Waals surface area contributed by atoms with Crippen LogP contribution in [0.5, 0.6) is 0 Å². The van der Waals surface area contributed by atoms with Gasteiger partial charge in [0.2, 0.25) is 10.0 Å². The van der Waals surface area contributed by atoms with Gasteiger partial charge in [0.1, 0.15) is 0 Å². The summed E-state index contributed by atoms with van der Waals surface area (Å²) in [4.78, 5) is 26.8. The first-order valence-electron chi connectivity index (χ1n) is 9.65. The average molecular weight is 483 g/mol. The van der Waals surface area contributed by atoms with Gasteiger partial charge in [-0.2, -0.15) is 4.31 Å². The number of hydrogen-bond acceptors (Lipinski definition) is 6. The highest BCUT2D eigenvalue weighted by atomic mass is 35.5. The van der Waals surface area contributed by atoms with E-state index in [2.05, 4.69) is 0 Å². The number of sulfonamides is 1. The van der Waals surface area contributed by atoms with Crippen molar-refractivity contribution in [3.05, 3.63) is 59.1 Å². The molecule has 0 atom stereocenters. The van der Waals surface area contributed by atoms with Crippen LogP contribution in [-0.4, -0.2) is 68.0 Å². The van der Waals surface area contributed by atoms with Crippen LogP contribution >= 0.6 is 23.4 Å². The van der Waals surface area contributed by atoms with E-state index in [0.29, 0.717) is 5.02 Å². The topological polar surface area (TPSA) is 84.0 Å². The molecule has 31 heavy (non-hydrogen) atoms. The molecule has 0 bridgehead atoms. The minimum Gasteiger partial charge on any atom is -0.455 e. The number of ether oxygens (including phenoxy) is 1. The molecule has 3 rings (SSSR count). The van der Waals surface area contributed by atoms with Crippen LogP contribution in [0.15, 0.2) is 58.3 Å². The molecule has 0 N–H and O–H groups in total. The lowest BCUT2D eigenvalue weighted by Crippen LogP contribution is -2.51. The number of amides is 1. The normalized spacial score (nSPS) is 15.0. The monoisotopic (exact) mass is 482 g/mol. The first-order chi connectivity index (χ1) is 14.8. The van der Waals surface area contributed by atoms with E-state index in [1.165, 1.54) is 21.0 Å². The number of carbonyl (C=O) groups excluding carboxylic acids is 2. The van der Waals surface area contributed by atoms with Gasteiger partial charge in [-0.05, 0) is 31.2 Å². The van der Waals surface area contributed by atoms with Crippen molar-refractivity contribution < 1.29 is 22.7 Å². The van der Waals surface area contributed by atoms with Crippen LogP contribution in [0.1, 0.15) is 5.56 Å². The summed E-state index contributed by atoms with van der Waals surface area (Å²) in [6.07, 6.45) is 0. The lowest BCUT2D eigenvalue weighted by atomic mass is 10.2. The van der Waals surface area contributed by atoms with Crippen LogP contribution in [0.4, 0.5) is 0 Å². The molecule has 0 aliphatic carbocycles. The molecular formula is C21H23ClN2O5S2. The number of aryl methyl sites for hydroxylation is 1. The number of hydrogen-bond donors (Lipinski definition) is 0. The Morgan fingerprint density at radius 2 is 1.68 bits per heavy atom. The molecule has 0 saturated carbocycles. The third-order valence-corrected chi connectivity index (χ3v) is 8.19. The van der Waals surface area contributed by atoms with Gasteiger partial charge in [0, 0.05) is 31.1 Å². The Morgan fingerprint density at radius 1 is 1.03 bits per heavy atom. The second-order valence-corrected chi connectivity index (χ2v) is 10.3. The van der Waals surface area contributed by atoms with Gasteiger partial charge in [0.15, 0.2) is 6.61 Å². The number of benzene rings is 2. The molecule has 10 heteroatoms. The van der Waals surface area contributed by atoms with Gasteiger partial charge < -0.3 is 9.64 Å². The zero-order valence-corrected chi connectivity index (χ0v) is 19.4. The van der Waals surface area contributed by atoms with E-state index >= 15 is 0 Å². The smallest absolute Gasteiger partial charge is 0.316 e. The lowest BCUT2D eigenvalue weighted by molar-refractivity contribution is -0.150. The van der Waals surface area contributed by atoms with Crippen LogP contribution in [0.3, 0.4) is 0 Å². The number of nitrogens with zero attached hydrogens (tertiary/aromatic N) is 2. The summed E-state index contributed by atoms with van der Waals surface area (Å²) in [6.45, 7) is 2.40. The van der Waals surface area contributed by atoms with Crippen molar-refractivity contribution >= 4 is 45.3 Å². The third kappa shape index (κ3) is 6.22. The Hall–Kier alpha value is -2.07. The number of esters is 1. The van der Waals surface area contributed by atoms with Crippen molar-refractivity contribution in [3.8, 4) is 0 Å². The zero-order chi connectivity index (χ0) is 22.4. The predicted molar refractivity (Wildman–Crippen MR) is 120 cm³/mol. The molecule has 1 heterocycles. The van der Waals surface area contributed by atoms with Crippen LogP contribution in [0, 0.1) is 6.92 Å².